The summed E-state index contributed by atoms with van der Waals surface area (Å²) in [4.78, 5) is 23.6. The molecule has 0 saturated carbocycles. The van der Waals surface area contributed by atoms with Gasteiger partial charge in [0.15, 0.2) is 0 Å². The molecule has 23 heavy (non-hydrogen) atoms. The van der Waals surface area contributed by atoms with Crippen LogP contribution in [0.5, 0.6) is 0 Å². The number of hydrogen-bond donors (Lipinski definition) is 2. The molecular formula is C19H15NO3. The summed E-state index contributed by atoms with van der Waals surface area (Å²) >= 11 is 0. The number of carboxylic acid groups (broad SMARTS) is 1. The quantitative estimate of drug-likeness (QED) is 0.901. The molecule has 0 aliphatic heterocycles. The normalized spacial score (nSPS) is 13.2. The summed E-state index contributed by atoms with van der Waals surface area (Å²) in [6.45, 7) is 0. The zero-order valence-electron chi connectivity index (χ0n) is 12.3. The molecule has 3 rings (SSSR count). The van der Waals surface area contributed by atoms with Gasteiger partial charge in [-0.1, -0.05) is 48.6 Å². The molecule has 2 N–H and O–H groups in total. The number of para-hydroxylation sites is 1. The van der Waals surface area contributed by atoms with Crippen LogP contribution in [0.3, 0.4) is 0 Å². The van der Waals surface area contributed by atoms with Gasteiger partial charge in [-0.3, -0.25) is 4.79 Å². The zero-order valence-corrected chi connectivity index (χ0v) is 12.3. The van der Waals surface area contributed by atoms with Crippen LogP contribution in [0, 0.1) is 0 Å². The Bertz CT molecular complexity index is 809. The average molecular weight is 305 g/mol. The fourth-order valence-electron chi connectivity index (χ4n) is 2.51. The molecule has 114 valence electrons. The molecule has 4 heteroatoms. The lowest BCUT2D eigenvalue weighted by atomic mass is 9.98. The number of nitrogens with one attached hydrogen (secondary N) is 1. The molecule has 2 aromatic rings. The van der Waals surface area contributed by atoms with E-state index in [-0.39, 0.29) is 23.1 Å². The summed E-state index contributed by atoms with van der Waals surface area (Å²) in [5.41, 5.74) is 1.88. The van der Waals surface area contributed by atoms with Crippen LogP contribution < -0.4 is 5.32 Å². The lowest BCUT2D eigenvalue weighted by molar-refractivity contribution is 0.0698. The Morgan fingerprint density at radius 2 is 1.70 bits per heavy atom. The van der Waals surface area contributed by atoms with E-state index in [0.717, 1.165) is 5.56 Å². The van der Waals surface area contributed by atoms with Gasteiger partial charge in [-0.2, -0.15) is 0 Å². The highest BCUT2D eigenvalue weighted by Crippen LogP contribution is 2.24. The maximum Gasteiger partial charge on any atom is 0.337 e. The fraction of sp³-hybridized carbons (Fsp3) is 0.0526. The van der Waals surface area contributed by atoms with E-state index in [0.29, 0.717) is 5.56 Å². The summed E-state index contributed by atoms with van der Waals surface area (Å²) in [5, 5.41) is 11.8. The molecule has 0 saturated heterocycles. The number of rotatable bonds is 4. The molecule has 0 unspecified atom stereocenters. The molecular weight excluding hydrogens is 290 g/mol. The Labute approximate surface area is 133 Å². The molecule has 0 radical (unpaired) electrons. The number of aromatic carboxylic acids is 1. The highest BCUT2D eigenvalue weighted by Gasteiger charge is 2.14. The Hall–Kier alpha value is -3.14. The van der Waals surface area contributed by atoms with Gasteiger partial charge >= 0.3 is 5.97 Å². The highest BCUT2D eigenvalue weighted by atomic mass is 16.4. The summed E-state index contributed by atoms with van der Waals surface area (Å²) in [6.07, 6.45) is 8.05. The minimum atomic E-state index is -1.07. The van der Waals surface area contributed by atoms with Crippen LogP contribution in [0.25, 0.3) is 0 Å². The van der Waals surface area contributed by atoms with Gasteiger partial charge < -0.3 is 10.4 Å². The third-order valence-corrected chi connectivity index (χ3v) is 3.69. The number of anilines is 1. The second kappa shape index (κ2) is 6.32. The smallest absolute Gasteiger partial charge is 0.337 e. The minimum Gasteiger partial charge on any atom is -0.478 e. The maximum absolute atomic E-state index is 12.4. The van der Waals surface area contributed by atoms with Gasteiger partial charge in [-0.15, -0.1) is 0 Å². The predicted molar refractivity (Wildman–Crippen MR) is 88.8 cm³/mol. The number of carboxylic acids is 1. The monoisotopic (exact) mass is 305 g/mol. The summed E-state index contributed by atoms with van der Waals surface area (Å²) in [5.74, 6) is -1.23. The van der Waals surface area contributed by atoms with Crippen molar-refractivity contribution in [3.63, 3.8) is 0 Å². The van der Waals surface area contributed by atoms with Gasteiger partial charge in [0.2, 0.25) is 0 Å². The van der Waals surface area contributed by atoms with E-state index in [1.807, 2.05) is 30.4 Å². The molecule has 0 atom stereocenters. The zero-order chi connectivity index (χ0) is 16.2. The van der Waals surface area contributed by atoms with E-state index >= 15 is 0 Å². The summed E-state index contributed by atoms with van der Waals surface area (Å²) in [7, 11) is 0. The van der Waals surface area contributed by atoms with Crippen molar-refractivity contribution in [2.75, 3.05) is 5.32 Å². The van der Waals surface area contributed by atoms with Gasteiger partial charge in [0.05, 0.1) is 11.3 Å². The third kappa shape index (κ3) is 3.21. The lowest BCUT2D eigenvalue weighted by Crippen LogP contribution is -2.15. The molecule has 1 amide bonds. The van der Waals surface area contributed by atoms with Gasteiger partial charge in [-0.05, 0) is 29.8 Å². The number of allylic oxidation sites excluding steroid dienone is 4. The fourth-order valence-corrected chi connectivity index (χ4v) is 2.51. The predicted octanol–water partition coefficient (Wildman–Crippen LogP) is 3.85. The molecule has 4 nitrogen and oxygen atoms in total. The Morgan fingerprint density at radius 3 is 2.43 bits per heavy atom. The standard InChI is InChI=1S/C19H15NO3/c21-18(20-17-11-4-3-10-16(17)19(22)23)15-9-5-8-14(12-15)13-6-1-2-7-13/h1-13H,(H,20,21)(H,22,23). The molecule has 1 aliphatic rings. The molecule has 0 fully saturated rings. The van der Waals surface area contributed by atoms with Crippen LogP contribution >= 0.6 is 0 Å². The average Bonchev–Trinajstić information content (AvgIpc) is 3.10. The van der Waals surface area contributed by atoms with Crippen LogP contribution in [0.4, 0.5) is 5.69 Å². The van der Waals surface area contributed by atoms with Crippen molar-refractivity contribution in [2.45, 2.75) is 5.92 Å². The lowest BCUT2D eigenvalue weighted by Gasteiger charge is -2.11. The first kappa shape index (κ1) is 14.8. The van der Waals surface area contributed by atoms with E-state index < -0.39 is 5.97 Å². The van der Waals surface area contributed by atoms with Gasteiger partial charge in [0.1, 0.15) is 0 Å². The first-order chi connectivity index (χ1) is 11.1. The van der Waals surface area contributed by atoms with E-state index in [4.69, 9.17) is 0 Å². The number of carbonyl (C=O) groups is 2. The molecule has 0 heterocycles. The van der Waals surface area contributed by atoms with E-state index in [2.05, 4.69) is 17.5 Å². The van der Waals surface area contributed by atoms with Gasteiger partial charge in [0, 0.05) is 11.5 Å². The van der Waals surface area contributed by atoms with Crippen molar-refractivity contribution >= 4 is 17.6 Å². The molecule has 0 spiro atoms. The second-order valence-electron chi connectivity index (χ2n) is 5.23. The largest absolute Gasteiger partial charge is 0.478 e. The molecule has 0 aromatic heterocycles. The maximum atomic E-state index is 12.4. The van der Waals surface area contributed by atoms with Crippen molar-refractivity contribution in [1.29, 1.82) is 0 Å². The van der Waals surface area contributed by atoms with Crippen LogP contribution in [0.2, 0.25) is 0 Å². The van der Waals surface area contributed by atoms with Crippen molar-refractivity contribution in [3.05, 3.63) is 89.5 Å². The molecule has 0 bridgehead atoms. The summed E-state index contributed by atoms with van der Waals surface area (Å²) in [6, 6.07) is 13.7. The van der Waals surface area contributed by atoms with E-state index in [9.17, 15) is 14.7 Å². The number of amides is 1. The van der Waals surface area contributed by atoms with Crippen LogP contribution in [0.1, 0.15) is 32.2 Å². The van der Waals surface area contributed by atoms with Crippen molar-refractivity contribution < 1.29 is 14.7 Å². The number of benzene rings is 2. The first-order valence-corrected chi connectivity index (χ1v) is 7.24. The van der Waals surface area contributed by atoms with Crippen LogP contribution in [-0.4, -0.2) is 17.0 Å². The third-order valence-electron chi connectivity index (χ3n) is 3.69. The van der Waals surface area contributed by atoms with Crippen molar-refractivity contribution in [2.24, 2.45) is 0 Å². The molecule has 1 aliphatic carbocycles. The van der Waals surface area contributed by atoms with Crippen LogP contribution in [-0.2, 0) is 0 Å². The van der Waals surface area contributed by atoms with Crippen molar-refractivity contribution in [1.82, 2.24) is 0 Å². The number of hydrogen-bond acceptors (Lipinski definition) is 2. The van der Waals surface area contributed by atoms with Crippen molar-refractivity contribution in [3.8, 4) is 0 Å². The van der Waals surface area contributed by atoms with Gasteiger partial charge in [0.25, 0.3) is 5.91 Å². The highest BCUT2D eigenvalue weighted by molar-refractivity contribution is 6.07. The Kier molecular flexibility index (Phi) is 4.06. The Balaban J connectivity index is 1.84. The number of carbonyl (C=O) groups excluding carboxylic acids is 1. The van der Waals surface area contributed by atoms with E-state index in [1.54, 1.807) is 24.3 Å². The Morgan fingerprint density at radius 1 is 0.957 bits per heavy atom. The SMILES string of the molecule is O=C(Nc1ccccc1C(=O)O)c1cccc(C2C=CC=C2)c1. The second-order valence-corrected chi connectivity index (χ2v) is 5.23. The van der Waals surface area contributed by atoms with Crippen LogP contribution in [0.15, 0.2) is 72.8 Å². The first-order valence-electron chi connectivity index (χ1n) is 7.24. The van der Waals surface area contributed by atoms with Gasteiger partial charge in [-0.25, -0.2) is 4.79 Å². The molecule has 2 aromatic carbocycles. The minimum absolute atomic E-state index is 0.0682. The summed E-state index contributed by atoms with van der Waals surface area (Å²) < 4.78 is 0. The topological polar surface area (TPSA) is 66.4 Å². The van der Waals surface area contributed by atoms with E-state index in [1.165, 1.54) is 6.07 Å².